The number of hydrogen-bond donors (Lipinski definition) is 1. The molecule has 0 aromatic heterocycles. The molecule has 4 heteroatoms. The maximum atomic E-state index is 13.4. The van der Waals surface area contributed by atoms with Gasteiger partial charge in [-0.15, -0.1) is 0 Å². The summed E-state index contributed by atoms with van der Waals surface area (Å²) in [6.07, 6.45) is -0.905. The van der Waals surface area contributed by atoms with Gasteiger partial charge in [-0.05, 0) is 36.1 Å². The van der Waals surface area contributed by atoms with E-state index in [0.29, 0.717) is 4.47 Å². The van der Waals surface area contributed by atoms with Gasteiger partial charge >= 0.3 is 0 Å². The lowest BCUT2D eigenvalue weighted by atomic mass is 10.2. The third-order valence-corrected chi connectivity index (χ3v) is 2.36. The van der Waals surface area contributed by atoms with Crippen molar-refractivity contribution >= 4 is 15.9 Å². The van der Waals surface area contributed by atoms with Crippen molar-refractivity contribution in [2.24, 2.45) is 0 Å². The molecule has 1 aromatic rings. The van der Waals surface area contributed by atoms with E-state index in [1.54, 1.807) is 32.3 Å². The minimum Gasteiger partial charge on any atom is -0.374 e. The van der Waals surface area contributed by atoms with Gasteiger partial charge in [-0.2, -0.15) is 0 Å². The number of nitrogens with zero attached hydrogens (tertiary/aromatic N) is 1. The maximum absolute atomic E-state index is 13.4. The molecule has 0 aliphatic carbocycles. The predicted molar refractivity (Wildman–Crippen MR) is 52.7 cm³/mol. The van der Waals surface area contributed by atoms with Crippen molar-refractivity contribution in [3.8, 4) is 0 Å². The van der Waals surface area contributed by atoms with Gasteiger partial charge in [0, 0.05) is 5.56 Å². The summed E-state index contributed by atoms with van der Waals surface area (Å²) in [5.74, 6) is -0.413. The summed E-state index contributed by atoms with van der Waals surface area (Å²) in [7, 11) is 3.37. The van der Waals surface area contributed by atoms with Crippen LogP contribution in [0, 0.1) is 5.82 Å². The first-order chi connectivity index (χ1) is 6.04. The first-order valence-electron chi connectivity index (χ1n) is 3.82. The van der Waals surface area contributed by atoms with Gasteiger partial charge in [-0.25, -0.2) is 4.39 Å². The molecule has 13 heavy (non-hydrogen) atoms. The van der Waals surface area contributed by atoms with Gasteiger partial charge in [0.2, 0.25) is 0 Å². The normalized spacial score (nSPS) is 13.4. The first kappa shape index (κ1) is 10.6. The van der Waals surface area contributed by atoms with Crippen LogP contribution >= 0.6 is 15.9 Å². The van der Waals surface area contributed by atoms with Crippen LogP contribution in [-0.4, -0.2) is 24.1 Å². The molecule has 0 saturated heterocycles. The number of aliphatic hydroxyl groups is 1. The molecule has 0 spiro atoms. The quantitative estimate of drug-likeness (QED) is 0.810. The van der Waals surface area contributed by atoms with Gasteiger partial charge in [0.15, 0.2) is 0 Å². The Morgan fingerprint density at radius 2 is 2.08 bits per heavy atom. The van der Waals surface area contributed by atoms with Gasteiger partial charge in [0.05, 0.1) is 4.47 Å². The van der Waals surface area contributed by atoms with E-state index in [1.165, 1.54) is 4.90 Å². The van der Waals surface area contributed by atoms with Gasteiger partial charge < -0.3 is 5.11 Å². The van der Waals surface area contributed by atoms with Crippen LogP contribution in [0.15, 0.2) is 22.7 Å². The highest BCUT2D eigenvalue weighted by molar-refractivity contribution is 9.10. The van der Waals surface area contributed by atoms with E-state index in [9.17, 15) is 9.50 Å². The number of benzene rings is 1. The molecular formula is C9H11BrFNO. The molecule has 1 aromatic carbocycles. The zero-order valence-corrected chi connectivity index (χ0v) is 9.05. The third kappa shape index (κ3) is 2.27. The Morgan fingerprint density at radius 3 is 2.62 bits per heavy atom. The van der Waals surface area contributed by atoms with Crippen molar-refractivity contribution in [2.45, 2.75) is 6.23 Å². The van der Waals surface area contributed by atoms with E-state index in [2.05, 4.69) is 15.9 Å². The fourth-order valence-corrected chi connectivity index (χ4v) is 1.38. The van der Waals surface area contributed by atoms with Gasteiger partial charge in [-0.1, -0.05) is 12.1 Å². The Bertz CT molecular complexity index is 304. The smallest absolute Gasteiger partial charge is 0.144 e. The summed E-state index contributed by atoms with van der Waals surface area (Å²) in [6.45, 7) is 0. The van der Waals surface area contributed by atoms with Crippen molar-refractivity contribution in [3.05, 3.63) is 34.1 Å². The highest BCUT2D eigenvalue weighted by Crippen LogP contribution is 2.24. The highest BCUT2D eigenvalue weighted by Gasteiger charge is 2.15. The lowest BCUT2D eigenvalue weighted by Gasteiger charge is -2.19. The Morgan fingerprint density at radius 1 is 1.46 bits per heavy atom. The minimum atomic E-state index is -0.905. The number of rotatable bonds is 2. The zero-order chi connectivity index (χ0) is 10.0. The Balaban J connectivity index is 3.07. The van der Waals surface area contributed by atoms with Crippen LogP contribution in [-0.2, 0) is 0 Å². The summed E-state index contributed by atoms with van der Waals surface area (Å²) in [5, 5.41) is 9.57. The molecule has 0 fully saturated rings. The van der Waals surface area contributed by atoms with Gasteiger partial charge in [-0.3, -0.25) is 4.90 Å². The average molecular weight is 248 g/mol. The van der Waals surface area contributed by atoms with Crippen LogP contribution in [0.1, 0.15) is 11.8 Å². The molecule has 1 atom stereocenters. The summed E-state index contributed by atoms with van der Waals surface area (Å²) in [6, 6.07) is 4.85. The SMILES string of the molecule is CN(C)C(O)c1cccc(Br)c1F. The van der Waals surface area contributed by atoms with Crippen LogP contribution in [0.3, 0.4) is 0 Å². The largest absolute Gasteiger partial charge is 0.374 e. The van der Waals surface area contributed by atoms with Crippen molar-refractivity contribution in [3.63, 3.8) is 0 Å². The fourth-order valence-electron chi connectivity index (χ4n) is 0.998. The van der Waals surface area contributed by atoms with Crippen LogP contribution in [0.4, 0.5) is 4.39 Å². The lowest BCUT2D eigenvalue weighted by molar-refractivity contribution is 0.0363. The second-order valence-corrected chi connectivity index (χ2v) is 3.83. The van der Waals surface area contributed by atoms with E-state index in [1.807, 2.05) is 0 Å². The Hall–Kier alpha value is -0.450. The van der Waals surface area contributed by atoms with Crippen LogP contribution in [0.5, 0.6) is 0 Å². The van der Waals surface area contributed by atoms with E-state index in [0.717, 1.165) is 0 Å². The maximum Gasteiger partial charge on any atom is 0.144 e. The molecule has 72 valence electrons. The third-order valence-electron chi connectivity index (χ3n) is 1.75. The van der Waals surface area contributed by atoms with Crippen molar-refractivity contribution in [1.29, 1.82) is 0 Å². The topological polar surface area (TPSA) is 23.5 Å². The van der Waals surface area contributed by atoms with Crippen molar-refractivity contribution in [1.82, 2.24) is 4.90 Å². The van der Waals surface area contributed by atoms with Crippen LogP contribution in [0.25, 0.3) is 0 Å². The number of hydrogen-bond acceptors (Lipinski definition) is 2. The van der Waals surface area contributed by atoms with Crippen LogP contribution < -0.4 is 0 Å². The van der Waals surface area contributed by atoms with Gasteiger partial charge in [0.25, 0.3) is 0 Å². The number of halogens is 2. The van der Waals surface area contributed by atoms with E-state index in [4.69, 9.17) is 0 Å². The molecule has 1 unspecified atom stereocenters. The molecule has 0 bridgehead atoms. The first-order valence-corrected chi connectivity index (χ1v) is 4.61. The van der Waals surface area contributed by atoms with E-state index < -0.39 is 12.0 Å². The minimum absolute atomic E-state index is 0.277. The molecule has 1 N–H and O–H groups in total. The van der Waals surface area contributed by atoms with Gasteiger partial charge in [0.1, 0.15) is 12.0 Å². The zero-order valence-electron chi connectivity index (χ0n) is 7.46. The molecule has 2 nitrogen and oxygen atoms in total. The van der Waals surface area contributed by atoms with E-state index >= 15 is 0 Å². The molecule has 1 rings (SSSR count). The molecular weight excluding hydrogens is 237 g/mol. The Kier molecular flexibility index (Phi) is 3.41. The summed E-state index contributed by atoms with van der Waals surface area (Å²) >= 11 is 3.06. The molecule has 0 radical (unpaired) electrons. The number of aliphatic hydroxyl groups excluding tert-OH is 1. The molecule has 0 saturated carbocycles. The van der Waals surface area contributed by atoms with Crippen LogP contribution in [0.2, 0.25) is 0 Å². The van der Waals surface area contributed by atoms with Crippen molar-refractivity contribution in [2.75, 3.05) is 14.1 Å². The standard InChI is InChI=1S/C9H11BrFNO/c1-12(2)9(13)6-4-3-5-7(10)8(6)11/h3-5,9,13H,1-2H3. The Labute approximate surface area is 85.1 Å². The predicted octanol–water partition coefficient (Wildman–Crippen LogP) is 2.14. The molecule has 0 aliphatic heterocycles. The average Bonchev–Trinajstić information content (AvgIpc) is 2.08. The highest BCUT2D eigenvalue weighted by atomic mass is 79.9. The summed E-state index contributed by atoms with van der Waals surface area (Å²) in [5.41, 5.74) is 0.277. The lowest BCUT2D eigenvalue weighted by Crippen LogP contribution is -2.20. The second-order valence-electron chi connectivity index (χ2n) is 2.98. The molecule has 0 amide bonds. The monoisotopic (exact) mass is 247 g/mol. The summed E-state index contributed by atoms with van der Waals surface area (Å²) < 4.78 is 13.7. The van der Waals surface area contributed by atoms with E-state index in [-0.39, 0.29) is 5.56 Å². The molecule has 0 aliphatic rings. The second kappa shape index (κ2) is 4.17. The fraction of sp³-hybridized carbons (Fsp3) is 0.333. The van der Waals surface area contributed by atoms with Crippen molar-refractivity contribution < 1.29 is 9.50 Å². The molecule has 0 heterocycles. The summed E-state index contributed by atoms with van der Waals surface area (Å²) in [4.78, 5) is 1.53.